The van der Waals surface area contributed by atoms with E-state index in [4.69, 9.17) is 13.9 Å². The Morgan fingerprint density at radius 2 is 1.79 bits per heavy atom. The molecule has 6 heteroatoms. The van der Waals surface area contributed by atoms with Gasteiger partial charge in [0.15, 0.2) is 0 Å². The van der Waals surface area contributed by atoms with Gasteiger partial charge in [0.2, 0.25) is 11.2 Å². The van der Waals surface area contributed by atoms with E-state index in [1.807, 2.05) is 19.1 Å². The molecule has 0 atom stereocenters. The van der Waals surface area contributed by atoms with Gasteiger partial charge >= 0.3 is 5.97 Å². The summed E-state index contributed by atoms with van der Waals surface area (Å²) in [5.41, 5.74) is 0.956. The van der Waals surface area contributed by atoms with Gasteiger partial charge in [0.05, 0.1) is 10.9 Å². The third-order valence-corrected chi connectivity index (χ3v) is 4.20. The van der Waals surface area contributed by atoms with Gasteiger partial charge in [0.25, 0.3) is 0 Å². The van der Waals surface area contributed by atoms with Gasteiger partial charge in [-0.2, -0.15) is 0 Å². The molecule has 3 aromatic carbocycles. The topological polar surface area (TPSA) is 65.7 Å². The number of esters is 1. The number of carbonyl (C=O) groups is 1. The summed E-state index contributed by atoms with van der Waals surface area (Å²) >= 11 is 0. The highest BCUT2D eigenvalue weighted by Crippen LogP contribution is 2.25. The van der Waals surface area contributed by atoms with Crippen LogP contribution in [0.15, 0.2) is 82.2 Å². The lowest BCUT2D eigenvalue weighted by Crippen LogP contribution is -2.09. The smallest absolute Gasteiger partial charge is 0.343 e. The van der Waals surface area contributed by atoms with Crippen LogP contribution in [-0.2, 0) is 0 Å². The molecular formula is C23H15FO5. The number of benzene rings is 3. The second-order valence-electron chi connectivity index (χ2n) is 6.41. The third-order valence-electron chi connectivity index (χ3n) is 4.20. The second kappa shape index (κ2) is 7.59. The van der Waals surface area contributed by atoms with Crippen molar-refractivity contribution in [2.75, 3.05) is 0 Å². The van der Waals surface area contributed by atoms with Crippen molar-refractivity contribution in [2.45, 2.75) is 6.92 Å². The predicted molar refractivity (Wildman–Crippen MR) is 105 cm³/mol. The number of fused-ring (bicyclic) bond motifs is 1. The fourth-order valence-electron chi connectivity index (χ4n) is 2.81. The highest BCUT2D eigenvalue weighted by Gasteiger charge is 2.13. The summed E-state index contributed by atoms with van der Waals surface area (Å²) in [6.07, 6.45) is 1.21. The van der Waals surface area contributed by atoms with E-state index < -0.39 is 11.8 Å². The maximum atomic E-state index is 13.3. The maximum absolute atomic E-state index is 13.3. The molecule has 0 saturated carbocycles. The molecule has 0 amide bonds. The van der Waals surface area contributed by atoms with Gasteiger partial charge in [-0.15, -0.1) is 0 Å². The summed E-state index contributed by atoms with van der Waals surface area (Å²) in [5, 5.41) is 0.278. The number of hydrogen-bond acceptors (Lipinski definition) is 5. The maximum Gasteiger partial charge on any atom is 0.343 e. The highest BCUT2D eigenvalue weighted by atomic mass is 19.1. The zero-order valence-electron chi connectivity index (χ0n) is 15.3. The predicted octanol–water partition coefficient (Wildman–Crippen LogP) is 5.25. The fourth-order valence-corrected chi connectivity index (χ4v) is 2.81. The molecule has 5 nitrogen and oxygen atoms in total. The van der Waals surface area contributed by atoms with Crippen LogP contribution in [0.4, 0.5) is 4.39 Å². The fraction of sp³-hybridized carbons (Fsp3) is 0.0435. The van der Waals surface area contributed by atoms with Crippen molar-refractivity contribution in [1.29, 1.82) is 0 Å². The molecule has 0 N–H and O–H groups in total. The van der Waals surface area contributed by atoms with Crippen LogP contribution < -0.4 is 14.9 Å². The highest BCUT2D eigenvalue weighted by molar-refractivity contribution is 5.91. The normalized spacial score (nSPS) is 10.7. The molecule has 1 aromatic heterocycles. The second-order valence-corrected chi connectivity index (χ2v) is 6.41. The molecule has 4 rings (SSSR count). The molecule has 0 aliphatic carbocycles. The molecule has 0 radical (unpaired) electrons. The van der Waals surface area contributed by atoms with Gasteiger partial charge in [0, 0.05) is 6.07 Å². The van der Waals surface area contributed by atoms with Gasteiger partial charge in [-0.25, -0.2) is 9.18 Å². The van der Waals surface area contributed by atoms with E-state index >= 15 is 0 Å². The van der Waals surface area contributed by atoms with Crippen molar-refractivity contribution in [2.24, 2.45) is 0 Å². The van der Waals surface area contributed by atoms with E-state index in [-0.39, 0.29) is 33.5 Å². The summed E-state index contributed by atoms with van der Waals surface area (Å²) in [6, 6.07) is 16.8. The third kappa shape index (κ3) is 4.01. The molecule has 1 heterocycles. The van der Waals surface area contributed by atoms with E-state index in [9.17, 15) is 14.0 Å². The van der Waals surface area contributed by atoms with E-state index in [1.54, 1.807) is 12.1 Å². The Kier molecular flexibility index (Phi) is 4.83. The summed E-state index contributed by atoms with van der Waals surface area (Å²) in [7, 11) is 0. The van der Waals surface area contributed by atoms with E-state index in [2.05, 4.69) is 0 Å². The SMILES string of the molecule is Cc1cccc(Oc2coc3cc(OC(=O)c4cccc(F)c4)ccc3c2=O)c1. The minimum atomic E-state index is -0.717. The van der Waals surface area contributed by atoms with Crippen LogP contribution in [0.3, 0.4) is 0 Å². The van der Waals surface area contributed by atoms with Crippen molar-refractivity contribution >= 4 is 16.9 Å². The number of halogens is 1. The first-order valence-corrected chi connectivity index (χ1v) is 8.77. The quantitative estimate of drug-likeness (QED) is 0.352. The van der Waals surface area contributed by atoms with Gasteiger partial charge in [0.1, 0.15) is 29.2 Å². The molecule has 0 aliphatic heterocycles. The van der Waals surface area contributed by atoms with Crippen molar-refractivity contribution in [3.63, 3.8) is 0 Å². The Balaban J connectivity index is 1.60. The number of rotatable bonds is 4. The molecule has 4 aromatic rings. The Hall–Kier alpha value is -3.93. The Labute approximate surface area is 164 Å². The van der Waals surface area contributed by atoms with Crippen molar-refractivity contribution in [3.8, 4) is 17.2 Å². The monoisotopic (exact) mass is 390 g/mol. The Morgan fingerprint density at radius 1 is 0.966 bits per heavy atom. The van der Waals surface area contributed by atoms with Gasteiger partial charge in [-0.1, -0.05) is 18.2 Å². The molecule has 0 aliphatic rings. The average Bonchev–Trinajstić information content (AvgIpc) is 2.70. The van der Waals surface area contributed by atoms with Crippen LogP contribution in [0.1, 0.15) is 15.9 Å². The lowest BCUT2D eigenvalue weighted by atomic mass is 10.2. The van der Waals surface area contributed by atoms with E-state index in [0.29, 0.717) is 5.75 Å². The minimum absolute atomic E-state index is 0.0487. The standard InChI is InChI=1S/C23H15FO5/c1-14-4-2-7-17(10-14)28-21-13-27-20-12-18(8-9-19(20)22(21)25)29-23(26)15-5-3-6-16(24)11-15/h2-13H,1H3. The summed E-state index contributed by atoms with van der Waals surface area (Å²) in [6.45, 7) is 1.92. The first kappa shape index (κ1) is 18.4. The van der Waals surface area contributed by atoms with Gasteiger partial charge < -0.3 is 13.9 Å². The van der Waals surface area contributed by atoms with Crippen LogP contribution in [0, 0.1) is 12.7 Å². The number of carbonyl (C=O) groups excluding carboxylic acids is 1. The summed E-state index contributed by atoms with van der Waals surface area (Å²) in [5.74, 6) is -0.511. The molecule has 0 fully saturated rings. The largest absolute Gasteiger partial charge is 0.460 e. The van der Waals surface area contributed by atoms with E-state index in [1.165, 1.54) is 42.7 Å². The molecule has 0 bridgehead atoms. The van der Waals surface area contributed by atoms with Crippen LogP contribution in [0.25, 0.3) is 11.0 Å². The van der Waals surface area contributed by atoms with Crippen molar-refractivity contribution in [1.82, 2.24) is 0 Å². The average molecular weight is 390 g/mol. The summed E-state index contributed by atoms with van der Waals surface area (Å²) in [4.78, 5) is 24.8. The van der Waals surface area contributed by atoms with Crippen LogP contribution in [0.2, 0.25) is 0 Å². The van der Waals surface area contributed by atoms with E-state index in [0.717, 1.165) is 11.6 Å². The van der Waals surface area contributed by atoms with Crippen LogP contribution >= 0.6 is 0 Å². The number of aryl methyl sites for hydroxylation is 1. The van der Waals surface area contributed by atoms with Gasteiger partial charge in [-0.3, -0.25) is 4.79 Å². The minimum Gasteiger partial charge on any atom is -0.460 e. The number of hydrogen-bond donors (Lipinski definition) is 0. The van der Waals surface area contributed by atoms with Crippen molar-refractivity contribution < 1.29 is 23.1 Å². The number of ether oxygens (including phenoxy) is 2. The molecule has 144 valence electrons. The zero-order valence-corrected chi connectivity index (χ0v) is 15.3. The molecule has 29 heavy (non-hydrogen) atoms. The first-order valence-electron chi connectivity index (χ1n) is 8.77. The lowest BCUT2D eigenvalue weighted by molar-refractivity contribution is 0.0734. The van der Waals surface area contributed by atoms with Crippen molar-refractivity contribution in [3.05, 3.63) is 100 Å². The van der Waals surface area contributed by atoms with Gasteiger partial charge in [-0.05, 0) is 55.0 Å². The first-order chi connectivity index (χ1) is 14.0. The zero-order chi connectivity index (χ0) is 20.4. The Morgan fingerprint density at radius 3 is 2.59 bits per heavy atom. The molecule has 0 saturated heterocycles. The lowest BCUT2D eigenvalue weighted by Gasteiger charge is -2.08. The molecule has 0 spiro atoms. The molecular weight excluding hydrogens is 375 g/mol. The summed E-state index contributed by atoms with van der Waals surface area (Å²) < 4.78 is 29.6. The molecule has 0 unspecified atom stereocenters. The van der Waals surface area contributed by atoms with Crippen LogP contribution in [0.5, 0.6) is 17.2 Å². The van der Waals surface area contributed by atoms with Crippen LogP contribution in [-0.4, -0.2) is 5.97 Å². The Bertz CT molecular complexity index is 1280.